The zero-order chi connectivity index (χ0) is 23.7. The van der Waals surface area contributed by atoms with Gasteiger partial charge < -0.3 is 24.8 Å². The molecule has 0 aliphatic carbocycles. The van der Waals surface area contributed by atoms with E-state index in [1.807, 2.05) is 58.9 Å². The average molecular weight is 447 g/mol. The molecule has 4 bridgehead atoms. The molecule has 2 amide bonds. The molecule has 0 aromatic heterocycles. The van der Waals surface area contributed by atoms with E-state index in [-0.39, 0.29) is 25.3 Å². The van der Waals surface area contributed by atoms with Gasteiger partial charge in [0.25, 0.3) is 0 Å². The van der Waals surface area contributed by atoms with Gasteiger partial charge in [-0.15, -0.1) is 0 Å². The number of carboxylic acids is 1. The van der Waals surface area contributed by atoms with E-state index in [9.17, 15) is 19.5 Å². The van der Waals surface area contributed by atoms with Crippen LogP contribution < -0.4 is 10.1 Å². The standard InChI is InChI=1S/C24H34N2O6/c1-23(2,3)20-21(28)26-14-17(13-18(26)22(29)30)32-24(4,5)9-10-31-16-8-6-7-15(11-16)12-19(27)25-20/h6-8,11,17-18,20H,9-10,12-14H2,1-5H3,(H,25,27)(H,29,30)/t17-,18+,20-/m1/s1. The number of carbonyl (C=O) groups is 3. The number of hydrogen-bond acceptors (Lipinski definition) is 5. The summed E-state index contributed by atoms with van der Waals surface area (Å²) < 4.78 is 12.1. The Labute approximate surface area is 189 Å². The highest BCUT2D eigenvalue weighted by Gasteiger charge is 2.46. The number of nitrogens with zero attached hydrogens (tertiary/aromatic N) is 1. The summed E-state index contributed by atoms with van der Waals surface area (Å²) in [7, 11) is 0. The fourth-order valence-corrected chi connectivity index (χ4v) is 4.24. The van der Waals surface area contributed by atoms with Crippen molar-refractivity contribution in [2.24, 2.45) is 5.41 Å². The van der Waals surface area contributed by atoms with Gasteiger partial charge >= 0.3 is 5.97 Å². The molecule has 0 spiro atoms. The lowest BCUT2D eigenvalue weighted by atomic mass is 9.85. The van der Waals surface area contributed by atoms with E-state index in [4.69, 9.17) is 9.47 Å². The van der Waals surface area contributed by atoms with Crippen molar-refractivity contribution in [3.8, 4) is 5.75 Å². The minimum atomic E-state index is -1.07. The number of ether oxygens (including phenoxy) is 2. The molecule has 3 atom stereocenters. The second-order valence-electron chi connectivity index (χ2n) is 10.4. The second-order valence-corrected chi connectivity index (χ2v) is 10.4. The van der Waals surface area contributed by atoms with Crippen molar-refractivity contribution in [2.45, 2.75) is 77.7 Å². The fraction of sp³-hybridized carbons (Fsp3) is 0.625. The monoisotopic (exact) mass is 446 g/mol. The third-order valence-electron chi connectivity index (χ3n) is 5.97. The van der Waals surface area contributed by atoms with Crippen LogP contribution in [0.15, 0.2) is 24.3 Å². The van der Waals surface area contributed by atoms with Crippen molar-refractivity contribution in [1.82, 2.24) is 10.2 Å². The van der Waals surface area contributed by atoms with Crippen LogP contribution >= 0.6 is 0 Å². The molecule has 3 rings (SSSR count). The first kappa shape index (κ1) is 24.0. The largest absolute Gasteiger partial charge is 0.493 e. The van der Waals surface area contributed by atoms with E-state index in [0.717, 1.165) is 5.56 Å². The highest BCUT2D eigenvalue weighted by atomic mass is 16.5. The summed E-state index contributed by atoms with van der Waals surface area (Å²) in [6, 6.07) is 5.47. The maximum Gasteiger partial charge on any atom is 0.326 e. The van der Waals surface area contributed by atoms with Crippen molar-refractivity contribution < 1.29 is 29.0 Å². The first-order chi connectivity index (χ1) is 14.9. The van der Waals surface area contributed by atoms with Crippen molar-refractivity contribution in [1.29, 1.82) is 0 Å². The number of carboxylic acid groups (broad SMARTS) is 1. The molecule has 2 aliphatic heterocycles. The van der Waals surface area contributed by atoms with Crippen molar-refractivity contribution in [3.05, 3.63) is 29.8 Å². The Morgan fingerprint density at radius 3 is 2.62 bits per heavy atom. The van der Waals surface area contributed by atoms with E-state index in [1.165, 1.54) is 4.90 Å². The third-order valence-corrected chi connectivity index (χ3v) is 5.97. The number of benzene rings is 1. The highest BCUT2D eigenvalue weighted by molar-refractivity contribution is 5.92. The zero-order valence-corrected chi connectivity index (χ0v) is 19.5. The Balaban J connectivity index is 1.96. The van der Waals surface area contributed by atoms with Crippen LogP contribution in [0.1, 0.15) is 53.0 Å². The smallest absolute Gasteiger partial charge is 0.326 e. The minimum absolute atomic E-state index is 0.0939. The van der Waals surface area contributed by atoms with Gasteiger partial charge in [-0.1, -0.05) is 32.9 Å². The quantitative estimate of drug-likeness (QED) is 0.686. The van der Waals surface area contributed by atoms with E-state index >= 15 is 0 Å². The van der Waals surface area contributed by atoms with Gasteiger partial charge in [0.05, 0.1) is 24.7 Å². The summed E-state index contributed by atoms with van der Waals surface area (Å²) in [5, 5.41) is 12.6. The lowest BCUT2D eigenvalue weighted by Crippen LogP contribution is -2.57. The maximum absolute atomic E-state index is 13.5. The Bertz CT molecular complexity index is 875. The molecular formula is C24H34N2O6. The van der Waals surface area contributed by atoms with Gasteiger partial charge in [-0.2, -0.15) is 0 Å². The van der Waals surface area contributed by atoms with Crippen LogP contribution in [0.25, 0.3) is 0 Å². The molecule has 8 nitrogen and oxygen atoms in total. The van der Waals surface area contributed by atoms with E-state index in [2.05, 4.69) is 5.32 Å². The van der Waals surface area contributed by atoms with Gasteiger partial charge in [-0.25, -0.2) is 4.79 Å². The molecule has 2 heterocycles. The Hall–Kier alpha value is -2.61. The predicted molar refractivity (Wildman–Crippen MR) is 118 cm³/mol. The summed E-state index contributed by atoms with van der Waals surface area (Å²) in [6.45, 7) is 10.0. The van der Waals surface area contributed by atoms with Gasteiger partial charge in [0.15, 0.2) is 0 Å². The molecular weight excluding hydrogens is 412 g/mol. The molecule has 0 unspecified atom stereocenters. The SMILES string of the molecule is CC1(C)CCOc2cccc(c2)CC(=O)N[C@@H](C(C)(C)C)C(=O)N2C[C@@H](C[C@H]2C(=O)O)O1. The molecule has 176 valence electrons. The molecule has 1 saturated heterocycles. The third kappa shape index (κ3) is 5.79. The lowest BCUT2D eigenvalue weighted by Gasteiger charge is -2.35. The average Bonchev–Trinajstić information content (AvgIpc) is 3.07. The summed E-state index contributed by atoms with van der Waals surface area (Å²) in [5.41, 5.74) is -0.392. The number of amides is 2. The number of nitrogens with one attached hydrogen (secondary N) is 1. The highest BCUT2D eigenvalue weighted by Crippen LogP contribution is 2.30. The number of fused-ring (bicyclic) bond motifs is 4. The molecule has 1 fully saturated rings. The Morgan fingerprint density at radius 1 is 1.25 bits per heavy atom. The van der Waals surface area contributed by atoms with Gasteiger partial charge in [0, 0.05) is 19.4 Å². The van der Waals surface area contributed by atoms with Gasteiger partial charge in [-0.3, -0.25) is 9.59 Å². The summed E-state index contributed by atoms with van der Waals surface area (Å²) in [4.78, 5) is 39.6. The molecule has 2 aliphatic rings. The van der Waals surface area contributed by atoms with Crippen LogP contribution in [0.5, 0.6) is 5.75 Å². The van der Waals surface area contributed by atoms with E-state index < -0.39 is 41.1 Å². The van der Waals surface area contributed by atoms with Crippen molar-refractivity contribution in [2.75, 3.05) is 13.2 Å². The number of carbonyl (C=O) groups excluding carboxylic acids is 2. The van der Waals surface area contributed by atoms with Crippen LogP contribution in [0.3, 0.4) is 0 Å². The van der Waals surface area contributed by atoms with Crippen molar-refractivity contribution in [3.63, 3.8) is 0 Å². The van der Waals surface area contributed by atoms with Crippen LogP contribution in [0, 0.1) is 5.41 Å². The molecule has 32 heavy (non-hydrogen) atoms. The summed E-state index contributed by atoms with van der Waals surface area (Å²) >= 11 is 0. The fourth-order valence-electron chi connectivity index (χ4n) is 4.24. The predicted octanol–water partition coefficient (Wildman–Crippen LogP) is 2.39. The van der Waals surface area contributed by atoms with Gasteiger partial charge in [0.2, 0.25) is 11.8 Å². The molecule has 8 heteroatoms. The number of hydrogen-bond donors (Lipinski definition) is 2. The van der Waals surface area contributed by atoms with Crippen LogP contribution in [0.2, 0.25) is 0 Å². The maximum atomic E-state index is 13.5. The Morgan fingerprint density at radius 2 is 1.97 bits per heavy atom. The Kier molecular flexibility index (Phi) is 6.83. The molecule has 0 radical (unpaired) electrons. The normalized spacial score (nSPS) is 26.9. The van der Waals surface area contributed by atoms with Gasteiger partial charge in [0.1, 0.15) is 17.8 Å². The first-order valence-electron chi connectivity index (χ1n) is 11.1. The summed E-state index contributed by atoms with van der Waals surface area (Å²) in [6.07, 6.45) is 0.473. The van der Waals surface area contributed by atoms with E-state index in [1.54, 1.807) is 0 Å². The number of rotatable bonds is 1. The van der Waals surface area contributed by atoms with Gasteiger partial charge in [-0.05, 0) is 37.0 Å². The van der Waals surface area contributed by atoms with Crippen LogP contribution in [-0.2, 0) is 25.5 Å². The van der Waals surface area contributed by atoms with Crippen molar-refractivity contribution >= 4 is 17.8 Å². The van der Waals surface area contributed by atoms with E-state index in [0.29, 0.717) is 18.8 Å². The molecule has 2 N–H and O–H groups in total. The molecule has 1 aromatic carbocycles. The second kappa shape index (κ2) is 9.10. The first-order valence-corrected chi connectivity index (χ1v) is 11.1. The number of aliphatic carboxylic acids is 1. The summed E-state index contributed by atoms with van der Waals surface area (Å²) in [5.74, 6) is -1.10. The lowest BCUT2D eigenvalue weighted by molar-refractivity contribution is -0.150. The molecule has 1 aromatic rings. The van der Waals surface area contributed by atoms with Crippen LogP contribution in [0.4, 0.5) is 0 Å². The zero-order valence-electron chi connectivity index (χ0n) is 19.5. The molecule has 0 saturated carbocycles. The van der Waals surface area contributed by atoms with Crippen LogP contribution in [-0.4, -0.2) is 64.7 Å². The minimum Gasteiger partial charge on any atom is -0.493 e. The topological polar surface area (TPSA) is 105 Å².